The molecule has 12 aromatic rings. The summed E-state index contributed by atoms with van der Waals surface area (Å²) in [5, 5.41) is 10.6. The minimum Gasteiger partial charge on any atom is -0.395 e. The van der Waals surface area contributed by atoms with Gasteiger partial charge in [-0.2, -0.15) is 0 Å². The van der Waals surface area contributed by atoms with E-state index in [2.05, 4.69) is 263 Å². The van der Waals surface area contributed by atoms with E-state index in [0.29, 0.717) is 37.4 Å². The number of imidazole rings is 4. The summed E-state index contributed by atoms with van der Waals surface area (Å²) in [6.07, 6.45) is 26.2. The van der Waals surface area contributed by atoms with Crippen LogP contribution in [0, 0.1) is 34.6 Å². The maximum absolute atomic E-state index is 9.89. The summed E-state index contributed by atoms with van der Waals surface area (Å²) >= 11 is 7.08. The summed E-state index contributed by atoms with van der Waals surface area (Å²) < 4.78 is 15.5. The molecule has 8 atom stereocenters. The van der Waals surface area contributed by atoms with Gasteiger partial charge in [-0.25, -0.2) is 19.9 Å². The maximum Gasteiger partial charge on any atom is 0.139 e. The lowest BCUT2D eigenvalue weighted by Crippen LogP contribution is -2.46. The third-order valence-electron chi connectivity index (χ3n) is 30.0. The number of rotatable bonds is 18. The molecule has 8 aliphatic heterocycles. The number of pyridine rings is 8. The third-order valence-corrected chi connectivity index (χ3v) is 30.4. The van der Waals surface area contributed by atoms with Gasteiger partial charge in [0, 0.05) is 148 Å². The topological polar surface area (TPSA) is 189 Å². The van der Waals surface area contributed by atoms with Crippen molar-refractivity contribution in [1.82, 2.24) is 96.7 Å². The fraction of sp³-hybridized carbons (Fsp3) is 0.534. The lowest BCUT2D eigenvalue weighted by molar-refractivity contribution is 0.0574. The van der Waals surface area contributed by atoms with Crippen molar-refractivity contribution in [3.63, 3.8) is 0 Å². The highest BCUT2D eigenvalue weighted by atomic mass is 35.5. The van der Waals surface area contributed by atoms with E-state index in [9.17, 15) is 5.11 Å². The molecule has 27 heteroatoms. The molecule has 12 aromatic heterocycles. The summed E-state index contributed by atoms with van der Waals surface area (Å²) in [6, 6.07) is 44.8. The Morgan fingerprint density at radius 1 is 0.362 bits per heavy atom. The van der Waals surface area contributed by atoms with Crippen LogP contribution in [0.3, 0.4) is 0 Å². The average Bonchev–Trinajstić information content (AvgIpc) is 1.60. The number of aromatic nitrogens is 12. The number of β-amino-alcohol motifs (C(OH)–C–C–N with tert-alkyl or cyclic N) is 1. The zero-order valence-electron chi connectivity index (χ0n) is 79.1. The molecule has 0 unspecified atom stereocenters. The molecule has 1 saturated carbocycles. The number of aliphatic hydroxyl groups is 1. The Balaban J connectivity index is 0.000000117. The van der Waals surface area contributed by atoms with Crippen LogP contribution in [0.4, 0.5) is 23.3 Å². The number of likely N-dealkylation sites (tertiary alicyclic amines) is 4. The van der Waals surface area contributed by atoms with E-state index in [4.69, 9.17) is 56.2 Å². The summed E-state index contributed by atoms with van der Waals surface area (Å²) in [5.74, 6) is 4.89. The first-order valence-electron chi connectivity index (χ1n) is 48.6. The van der Waals surface area contributed by atoms with Gasteiger partial charge in [0.2, 0.25) is 0 Å². The second-order valence-corrected chi connectivity index (χ2v) is 38.6. The number of hydrogen-bond donors (Lipinski definition) is 1. The minimum atomic E-state index is 0.138. The standard InChI is InChI=1S/C28H38N6O.C25H33ClN6.C25H34N6O.C25H34N6/c1-20-7-6-14-29-27(20)22-8-4-9-23(32(22)3)28-24(19-35-21-12-13-21)34-25(30-28)10-5-11-26(34)33-17-15-31(2)16-18-33;1-4-30-14-16-31(17-15-30)22-12-6-11-21-28-24(25(26)32(21)22)20-10-5-9-19(29(20)3)23-18(2)8-7-13-27-23;1-19-6-5-11-26-25(19)22-8-3-7-21(30(22)16-17-32)20-18-31-23(27-20)9-4-10-24(31)29-14-12-28(2)13-15-29;1-18-8-7-13-26-24(18)20-9-5-10-21(29(20)4)25-19(2)31-22(27-25)11-6-12-23(31)30-16-14-28(3)15-17-30/h5-7,10-11,14,21-23H,4,8-9,12-13,15-19H2,1-3H3;6-8,11-13,19-20H,4-5,9-10,14-17H2,1-3H3;4-6,9-11,18,21-22,32H,3,7-8,12-17H2,1-2H3;6-8,11-13,20-21H,5,9-10,14-17H2,1-4H3/t22-,23+;19-,20+;21-,22+;20-,21+/m0010/s1. The van der Waals surface area contributed by atoms with E-state index in [1.165, 1.54) is 105 Å². The van der Waals surface area contributed by atoms with Gasteiger partial charge in [0.15, 0.2) is 0 Å². The lowest BCUT2D eigenvalue weighted by Gasteiger charge is -2.41. The SMILES string of the molecule is CCN1CCN(c2cccc3nc([C@H]4CCC[C@@H](c5ncccc5C)N4C)c(Cl)n23)CC1.Cc1cccnc1[C@@H]1CCC[C@H](c2cn3c(N4CCN(C)CC4)cccc3n2)N1CCO.Cc1cccnc1[C@@H]1CCC[C@H](c2nc3cccc(N4CCN(C)CC4)n3c2C)N1C.Cc1cccnc1[C@@H]1CCC[C@H](c2nc3cccc(N4CCN(C)CC4)n3c2COC2CC2)N1C. The number of aryl methyl sites for hydroxylation is 5. The van der Waals surface area contributed by atoms with E-state index in [1.807, 2.05) is 49.1 Å². The van der Waals surface area contributed by atoms with Crippen LogP contribution in [0.1, 0.15) is 224 Å². The molecule has 8 saturated heterocycles. The Bertz CT molecular complexity index is 5790. The van der Waals surface area contributed by atoms with Crippen LogP contribution in [0.25, 0.3) is 22.6 Å². The molecule has 0 amide bonds. The second kappa shape index (κ2) is 40.9. The fourth-order valence-electron chi connectivity index (χ4n) is 22.2. The summed E-state index contributed by atoms with van der Waals surface area (Å²) in [5.41, 5.74) is 20.8. The van der Waals surface area contributed by atoms with Gasteiger partial charge in [-0.05, 0) is 268 Å². The van der Waals surface area contributed by atoms with Gasteiger partial charge >= 0.3 is 0 Å². The minimum absolute atomic E-state index is 0.138. The number of nitrogens with zero attached hydrogens (tertiary/aromatic N) is 24. The van der Waals surface area contributed by atoms with E-state index in [0.717, 1.165) is 226 Å². The first-order valence-corrected chi connectivity index (χ1v) is 49.0. The molecule has 0 bridgehead atoms. The number of halogens is 1. The zero-order chi connectivity index (χ0) is 89.8. The molecular formula is C103H139ClN24O2. The van der Waals surface area contributed by atoms with E-state index >= 15 is 0 Å². The molecule has 0 radical (unpaired) electrons. The van der Waals surface area contributed by atoms with Gasteiger partial charge in [-0.1, -0.05) is 67.1 Å². The fourth-order valence-corrected chi connectivity index (χ4v) is 22.6. The Hall–Kier alpha value is -9.55. The molecular weight excluding hydrogens is 1640 g/mol. The van der Waals surface area contributed by atoms with Crippen molar-refractivity contribution in [3.8, 4) is 0 Å². The first kappa shape index (κ1) is 91.0. The molecule has 690 valence electrons. The largest absolute Gasteiger partial charge is 0.395 e. The van der Waals surface area contributed by atoms with Crippen molar-refractivity contribution in [2.45, 2.75) is 192 Å². The van der Waals surface area contributed by atoms with Crippen molar-refractivity contribution in [2.75, 3.05) is 186 Å². The van der Waals surface area contributed by atoms with Crippen molar-refractivity contribution >= 4 is 57.5 Å². The molecule has 26 nitrogen and oxygen atoms in total. The molecule has 21 rings (SSSR count). The molecule has 0 aromatic carbocycles. The average molecular weight is 1780 g/mol. The number of aliphatic hydroxyl groups excluding tert-OH is 1. The van der Waals surface area contributed by atoms with Crippen molar-refractivity contribution in [3.05, 3.63) is 237 Å². The van der Waals surface area contributed by atoms with Gasteiger partial charge in [0.05, 0.1) is 119 Å². The predicted octanol–water partition coefficient (Wildman–Crippen LogP) is 16.1. The van der Waals surface area contributed by atoms with Crippen LogP contribution in [0.15, 0.2) is 152 Å². The normalized spacial score (nSPS) is 23.6. The molecule has 20 heterocycles. The first-order chi connectivity index (χ1) is 63.4. The molecule has 1 aliphatic carbocycles. The molecule has 9 aliphatic rings. The van der Waals surface area contributed by atoms with Gasteiger partial charge in [-0.15, -0.1) is 0 Å². The number of anilines is 4. The zero-order valence-corrected chi connectivity index (χ0v) is 79.9. The van der Waals surface area contributed by atoms with Crippen molar-refractivity contribution in [2.24, 2.45) is 0 Å². The number of ether oxygens (including phenoxy) is 1. The Kier molecular flexibility index (Phi) is 28.6. The predicted molar refractivity (Wildman–Crippen MR) is 522 cm³/mol. The second-order valence-electron chi connectivity index (χ2n) is 38.3. The summed E-state index contributed by atoms with van der Waals surface area (Å²) in [6.45, 7) is 32.6. The number of piperidine rings is 4. The Morgan fingerprint density at radius 3 is 1.18 bits per heavy atom. The molecule has 1 N–H and O–H groups in total. The highest BCUT2D eigenvalue weighted by molar-refractivity contribution is 6.30. The number of fused-ring (bicyclic) bond motifs is 4. The highest BCUT2D eigenvalue weighted by Crippen LogP contribution is 2.48. The van der Waals surface area contributed by atoms with Crippen molar-refractivity contribution < 1.29 is 9.84 Å². The quantitative estimate of drug-likeness (QED) is 0.0853. The smallest absolute Gasteiger partial charge is 0.139 e. The van der Waals surface area contributed by atoms with Crippen LogP contribution in [-0.2, 0) is 11.3 Å². The van der Waals surface area contributed by atoms with Crippen LogP contribution in [-0.4, -0.2) is 275 Å². The monoisotopic (exact) mass is 1780 g/mol. The van der Waals surface area contributed by atoms with Gasteiger partial charge < -0.3 is 49.0 Å². The Morgan fingerprint density at radius 2 is 0.723 bits per heavy atom. The van der Waals surface area contributed by atoms with Gasteiger partial charge in [0.25, 0.3) is 0 Å². The molecule has 9 fully saturated rings. The van der Waals surface area contributed by atoms with E-state index in [1.54, 1.807) is 0 Å². The van der Waals surface area contributed by atoms with Crippen LogP contribution < -0.4 is 19.6 Å². The van der Waals surface area contributed by atoms with E-state index in [-0.39, 0.29) is 36.8 Å². The Labute approximate surface area is 774 Å². The number of likely N-dealkylation sites (N-methyl/N-ethyl adjacent to an activating group) is 4. The third kappa shape index (κ3) is 19.2. The summed E-state index contributed by atoms with van der Waals surface area (Å²) in [4.78, 5) is 69.1. The molecule has 0 spiro atoms. The van der Waals surface area contributed by atoms with Crippen LogP contribution in [0.2, 0.25) is 5.15 Å². The van der Waals surface area contributed by atoms with Crippen molar-refractivity contribution in [1.29, 1.82) is 0 Å². The lowest BCUT2D eigenvalue weighted by atomic mass is 9.90. The van der Waals surface area contributed by atoms with Crippen LogP contribution in [0.5, 0.6) is 0 Å². The van der Waals surface area contributed by atoms with Gasteiger partial charge in [-0.3, -0.25) is 57.1 Å². The molecule has 130 heavy (non-hydrogen) atoms. The number of piperazine rings is 4. The van der Waals surface area contributed by atoms with E-state index < -0.39 is 0 Å². The summed E-state index contributed by atoms with van der Waals surface area (Å²) in [7, 11) is 13.3. The highest BCUT2D eigenvalue weighted by Gasteiger charge is 2.41. The van der Waals surface area contributed by atoms with Gasteiger partial charge in [0.1, 0.15) is 51.0 Å². The maximum atomic E-state index is 9.89. The number of hydrogen-bond acceptors (Lipinski definition) is 22. The van der Waals surface area contributed by atoms with Crippen LogP contribution >= 0.6 is 11.6 Å².